The van der Waals surface area contributed by atoms with Gasteiger partial charge in [-0.15, -0.1) is 0 Å². The molecule has 0 spiro atoms. The van der Waals surface area contributed by atoms with E-state index in [1.165, 1.54) is 0 Å². The fraction of sp³-hybridized carbons (Fsp3) is 0.351. The summed E-state index contributed by atoms with van der Waals surface area (Å²) in [6, 6.07) is 19.2. The Bertz CT molecular complexity index is 2350. The average molecular weight is 829 g/mol. The van der Waals surface area contributed by atoms with E-state index in [0.29, 0.717) is 6.42 Å². The lowest BCUT2D eigenvalue weighted by atomic mass is 9.91. The smallest absolute Gasteiger partial charge is 0.448 e. The molecule has 2 N–H and O–H groups in total. The summed E-state index contributed by atoms with van der Waals surface area (Å²) >= 11 is 0. The van der Waals surface area contributed by atoms with Crippen molar-refractivity contribution in [3.8, 4) is 0 Å². The molecule has 5 heterocycles. The van der Waals surface area contributed by atoms with Gasteiger partial charge in [-0.1, -0.05) is 72.7 Å². The first kappa shape index (κ1) is 40.6. The van der Waals surface area contributed by atoms with Gasteiger partial charge in [-0.05, 0) is 11.1 Å². The summed E-state index contributed by atoms with van der Waals surface area (Å²) in [4.78, 5) is 46.5. The van der Waals surface area contributed by atoms with E-state index in [4.69, 9.17) is 14.0 Å². The van der Waals surface area contributed by atoms with Crippen LogP contribution in [0, 0.1) is 0 Å². The first-order chi connectivity index (χ1) is 28.2. The van der Waals surface area contributed by atoms with Crippen LogP contribution in [0.4, 0.5) is 38.1 Å². The number of alkyl halides is 6. The third-order valence-electron chi connectivity index (χ3n) is 9.18. The number of halogens is 6. The summed E-state index contributed by atoms with van der Waals surface area (Å²) in [5.41, 5.74) is 2.58. The molecule has 0 saturated carbocycles. The zero-order valence-corrected chi connectivity index (χ0v) is 31.0. The molecular weight excluding hydrogens is 794 g/mol. The van der Waals surface area contributed by atoms with Crippen LogP contribution in [0.2, 0.25) is 0 Å². The van der Waals surface area contributed by atoms with E-state index in [-0.39, 0.29) is 54.2 Å². The minimum Gasteiger partial charge on any atom is -0.448 e. The molecule has 0 unspecified atom stereocenters. The Kier molecular flexibility index (Phi) is 11.5. The molecule has 1 saturated heterocycles. The van der Waals surface area contributed by atoms with Crippen molar-refractivity contribution in [1.29, 1.82) is 0 Å². The van der Waals surface area contributed by atoms with Gasteiger partial charge in [-0.2, -0.15) is 41.3 Å². The highest BCUT2D eigenvalue weighted by Crippen LogP contribution is 2.44. The van der Waals surface area contributed by atoms with Crippen molar-refractivity contribution in [3.63, 3.8) is 0 Å². The van der Waals surface area contributed by atoms with E-state index in [2.05, 4.69) is 45.4 Å². The molecule has 4 atom stereocenters. The van der Waals surface area contributed by atoms with Crippen molar-refractivity contribution in [2.75, 3.05) is 23.7 Å². The minimum absolute atomic E-state index is 0.00317. The molecule has 1 aliphatic heterocycles. The van der Waals surface area contributed by atoms with Crippen LogP contribution in [0.1, 0.15) is 53.7 Å². The topological polar surface area (TPSA) is 186 Å². The van der Waals surface area contributed by atoms with Crippen molar-refractivity contribution < 1.29 is 54.7 Å². The quantitative estimate of drug-likeness (QED) is 0.102. The number of hydrogen-bond donors (Lipinski definition) is 2. The van der Waals surface area contributed by atoms with Gasteiger partial charge in [0, 0.05) is 45.1 Å². The fourth-order valence-electron chi connectivity index (χ4n) is 6.42. The number of carbonyl (C=O) groups excluding carboxylic acids is 2. The molecule has 0 aliphatic carbocycles. The van der Waals surface area contributed by atoms with Crippen LogP contribution in [0.3, 0.4) is 0 Å². The van der Waals surface area contributed by atoms with Gasteiger partial charge < -0.3 is 33.9 Å². The van der Waals surface area contributed by atoms with Gasteiger partial charge in [0.05, 0.1) is 18.3 Å². The highest BCUT2D eigenvalue weighted by atomic mass is 19.4. The Morgan fingerprint density at radius 3 is 2.07 bits per heavy atom. The number of aryl methyl sites for hydroxylation is 2. The normalized spacial score (nSPS) is 18.3. The van der Waals surface area contributed by atoms with Crippen LogP contribution < -0.4 is 10.6 Å². The van der Waals surface area contributed by atoms with Gasteiger partial charge in [-0.25, -0.2) is 19.6 Å². The zero-order chi connectivity index (χ0) is 41.9. The van der Waals surface area contributed by atoms with Gasteiger partial charge in [0.1, 0.15) is 0 Å². The predicted molar refractivity (Wildman–Crippen MR) is 192 cm³/mol. The first-order valence-corrected chi connectivity index (χ1v) is 18.0. The second kappa shape index (κ2) is 16.7. The molecule has 6 aromatic rings. The van der Waals surface area contributed by atoms with Crippen molar-refractivity contribution in [2.24, 2.45) is 7.05 Å². The lowest BCUT2D eigenvalue weighted by molar-refractivity contribution is -0.221. The summed E-state index contributed by atoms with van der Waals surface area (Å²) in [6.45, 7) is 2.13. The highest BCUT2D eigenvalue weighted by molar-refractivity contribution is 5.84. The Morgan fingerprint density at radius 2 is 1.49 bits per heavy atom. The minimum atomic E-state index is -5.63. The fourth-order valence-corrected chi connectivity index (χ4v) is 6.42. The van der Waals surface area contributed by atoms with Crippen molar-refractivity contribution in [1.82, 2.24) is 39.2 Å². The van der Waals surface area contributed by atoms with E-state index in [1.807, 2.05) is 73.9 Å². The average Bonchev–Trinajstić information content (AvgIpc) is 4.02. The Labute approximate surface area is 329 Å². The number of carbonyl (C=O) groups is 2. The second-order valence-corrected chi connectivity index (χ2v) is 13.3. The molecule has 2 aromatic carbocycles. The van der Waals surface area contributed by atoms with Crippen LogP contribution in [-0.4, -0.2) is 88.8 Å². The molecule has 0 radical (unpaired) electrons. The number of esters is 2. The number of aromatic nitrogens is 8. The van der Waals surface area contributed by atoms with E-state index in [9.17, 15) is 35.9 Å². The van der Waals surface area contributed by atoms with Crippen LogP contribution in [0.15, 0.2) is 84.0 Å². The Balaban J connectivity index is 1.31. The number of ether oxygens (including phenoxy) is 3. The molecular formula is C37H34F6N10O6. The van der Waals surface area contributed by atoms with Gasteiger partial charge >= 0.3 is 24.3 Å². The number of imidazole rings is 2. The number of nitrogens with zero attached hydrogens (tertiary/aromatic N) is 8. The monoisotopic (exact) mass is 828 g/mol. The van der Waals surface area contributed by atoms with Crippen molar-refractivity contribution in [3.05, 3.63) is 108 Å². The molecule has 0 bridgehead atoms. The lowest BCUT2D eigenvalue weighted by Gasteiger charge is -2.25. The first-order valence-electron chi connectivity index (χ1n) is 18.0. The molecule has 0 amide bonds. The Hall–Kier alpha value is -6.58. The van der Waals surface area contributed by atoms with Gasteiger partial charge in [-0.3, -0.25) is 4.57 Å². The van der Waals surface area contributed by atoms with E-state index in [0.717, 1.165) is 27.7 Å². The number of nitrogens with one attached hydrogen (secondary N) is 2. The third kappa shape index (κ3) is 9.11. The molecule has 1 fully saturated rings. The third-order valence-corrected chi connectivity index (χ3v) is 9.18. The number of benzene rings is 2. The van der Waals surface area contributed by atoms with Gasteiger partial charge in [0.25, 0.3) is 5.89 Å². The number of anilines is 2. The summed E-state index contributed by atoms with van der Waals surface area (Å²) in [5.74, 6) is -6.22. The highest BCUT2D eigenvalue weighted by Gasteiger charge is 2.58. The molecule has 1 aliphatic rings. The zero-order valence-electron chi connectivity index (χ0n) is 31.0. The Morgan fingerprint density at radius 1 is 0.847 bits per heavy atom. The van der Waals surface area contributed by atoms with Crippen LogP contribution in [0.5, 0.6) is 0 Å². The molecule has 310 valence electrons. The summed E-state index contributed by atoms with van der Waals surface area (Å²) in [5, 5.41) is 10.1. The standard InChI is InChI=1S/C37H34F6N10O6/c1-3-24-48-31(59-51-24)27-26(57-33(54)36(38,39)40)28(58-34(55)37(41,42)43)32(56-27)53-19-47-25-29(49-35(50-30(25)53)44-15-14-22-17-52(2)18-46-22)45-16-23(20-10-6-4-7-11-20)21-12-8-5-9-13-21/h4-13,17-19,23,26-28,32H,3,14-16H2,1-2H3,(H2,44,45,49,50)/t26-,27+,28-,32-/m1/s1. The maximum absolute atomic E-state index is 13.7. The van der Waals surface area contributed by atoms with E-state index < -0.39 is 54.7 Å². The van der Waals surface area contributed by atoms with E-state index in [1.54, 1.807) is 17.8 Å². The van der Waals surface area contributed by atoms with Gasteiger partial charge in [0.2, 0.25) is 5.95 Å². The number of fused-ring (bicyclic) bond motifs is 1. The van der Waals surface area contributed by atoms with Crippen LogP contribution >= 0.6 is 0 Å². The van der Waals surface area contributed by atoms with E-state index >= 15 is 0 Å². The van der Waals surface area contributed by atoms with Gasteiger partial charge in [0.15, 0.2) is 47.3 Å². The molecule has 59 heavy (non-hydrogen) atoms. The largest absolute Gasteiger partial charge is 0.490 e. The lowest BCUT2D eigenvalue weighted by Crippen LogP contribution is -2.42. The predicted octanol–water partition coefficient (Wildman–Crippen LogP) is 5.62. The number of hydrogen-bond acceptors (Lipinski definition) is 14. The molecule has 16 nitrogen and oxygen atoms in total. The van der Waals surface area contributed by atoms with Crippen molar-refractivity contribution in [2.45, 2.75) is 62.6 Å². The summed E-state index contributed by atoms with van der Waals surface area (Å²) < 4.78 is 105. The van der Waals surface area contributed by atoms with Crippen molar-refractivity contribution >= 4 is 34.9 Å². The maximum Gasteiger partial charge on any atom is 0.490 e. The van der Waals surface area contributed by atoms with Crippen LogP contribution in [0.25, 0.3) is 11.2 Å². The molecule has 4 aromatic heterocycles. The SMILES string of the molecule is CCc1noc([C@H]2O[C@@H](n3cnc4c(NCC(c5ccccc5)c5ccccc5)nc(NCCc5cn(C)cn5)nc43)[C@H](OC(=O)C(F)(F)F)[C@@H]2OC(=O)C(F)(F)F)n1. The second-order valence-electron chi connectivity index (χ2n) is 13.3. The maximum atomic E-state index is 13.7. The number of rotatable bonds is 14. The summed E-state index contributed by atoms with van der Waals surface area (Å²) in [7, 11) is 1.81. The summed E-state index contributed by atoms with van der Waals surface area (Å²) in [6.07, 6.45) is -14.9. The molecule has 22 heteroatoms. The van der Waals surface area contributed by atoms with Crippen LogP contribution in [-0.2, 0) is 43.7 Å². The molecule has 7 rings (SSSR count).